The van der Waals surface area contributed by atoms with E-state index in [-0.39, 0.29) is 24.1 Å². The average molecular weight is 293 g/mol. The third-order valence-corrected chi connectivity index (χ3v) is 3.24. The molecular formula is C15H19NO5. The van der Waals surface area contributed by atoms with Crippen molar-refractivity contribution in [1.82, 2.24) is 5.32 Å². The molecule has 1 fully saturated rings. The minimum absolute atomic E-state index is 0.0949. The second kappa shape index (κ2) is 7.08. The van der Waals surface area contributed by atoms with Crippen LogP contribution < -0.4 is 10.1 Å². The molecule has 0 aliphatic carbocycles. The summed E-state index contributed by atoms with van der Waals surface area (Å²) in [6, 6.07) is 6.44. The molecule has 6 nitrogen and oxygen atoms in total. The van der Waals surface area contributed by atoms with Gasteiger partial charge < -0.3 is 19.5 Å². The van der Waals surface area contributed by atoms with Crippen molar-refractivity contribution in [2.24, 2.45) is 0 Å². The van der Waals surface area contributed by atoms with Crippen LogP contribution in [0.1, 0.15) is 23.7 Å². The number of nitrogens with one attached hydrogen (secondary N) is 1. The highest BCUT2D eigenvalue weighted by Gasteiger charge is 2.31. The van der Waals surface area contributed by atoms with Crippen molar-refractivity contribution in [3.63, 3.8) is 0 Å². The Morgan fingerprint density at radius 2 is 2.00 bits per heavy atom. The van der Waals surface area contributed by atoms with Gasteiger partial charge in [0.15, 0.2) is 0 Å². The molecular weight excluding hydrogens is 274 g/mol. The normalized spacial score (nSPS) is 20.9. The van der Waals surface area contributed by atoms with Crippen LogP contribution in [0.2, 0.25) is 0 Å². The molecule has 0 aromatic heterocycles. The molecule has 1 aliphatic rings. The molecule has 1 aromatic rings. The van der Waals surface area contributed by atoms with Crippen molar-refractivity contribution in [3.05, 3.63) is 29.8 Å². The van der Waals surface area contributed by atoms with E-state index >= 15 is 0 Å². The Morgan fingerprint density at radius 3 is 2.62 bits per heavy atom. The highest BCUT2D eigenvalue weighted by molar-refractivity contribution is 5.89. The number of esters is 2. The van der Waals surface area contributed by atoms with Gasteiger partial charge in [-0.05, 0) is 31.2 Å². The Morgan fingerprint density at radius 1 is 1.29 bits per heavy atom. The van der Waals surface area contributed by atoms with Crippen molar-refractivity contribution in [3.8, 4) is 5.75 Å². The van der Waals surface area contributed by atoms with Gasteiger partial charge in [0.1, 0.15) is 17.9 Å². The predicted octanol–water partition coefficient (Wildman–Crippen LogP) is 1.15. The summed E-state index contributed by atoms with van der Waals surface area (Å²) >= 11 is 0. The van der Waals surface area contributed by atoms with Crippen LogP contribution in [0.4, 0.5) is 0 Å². The number of carbonyl (C=O) groups excluding carboxylic acids is 2. The predicted molar refractivity (Wildman–Crippen MR) is 75.2 cm³/mol. The maximum absolute atomic E-state index is 11.5. The molecule has 2 rings (SSSR count). The quantitative estimate of drug-likeness (QED) is 0.821. The van der Waals surface area contributed by atoms with E-state index in [2.05, 4.69) is 10.1 Å². The van der Waals surface area contributed by atoms with Gasteiger partial charge in [-0.25, -0.2) is 4.79 Å². The molecule has 1 heterocycles. The van der Waals surface area contributed by atoms with E-state index in [1.165, 1.54) is 7.11 Å². The lowest BCUT2D eigenvalue weighted by atomic mass is 10.2. The molecule has 1 aliphatic heterocycles. The van der Waals surface area contributed by atoms with Gasteiger partial charge in [-0.15, -0.1) is 0 Å². The zero-order chi connectivity index (χ0) is 15.2. The van der Waals surface area contributed by atoms with Gasteiger partial charge in [0.2, 0.25) is 0 Å². The van der Waals surface area contributed by atoms with E-state index in [0.29, 0.717) is 30.9 Å². The fourth-order valence-corrected chi connectivity index (χ4v) is 2.19. The van der Waals surface area contributed by atoms with Crippen LogP contribution in [0.5, 0.6) is 5.75 Å². The molecule has 1 N–H and O–H groups in total. The van der Waals surface area contributed by atoms with Crippen LogP contribution in [-0.4, -0.2) is 44.3 Å². The minimum Gasteiger partial charge on any atom is -0.489 e. The maximum atomic E-state index is 11.5. The number of hydrogen-bond acceptors (Lipinski definition) is 6. The molecule has 0 bridgehead atoms. The van der Waals surface area contributed by atoms with E-state index in [0.717, 1.165) is 0 Å². The Kier molecular flexibility index (Phi) is 5.16. The molecule has 0 spiro atoms. The van der Waals surface area contributed by atoms with E-state index in [9.17, 15) is 9.59 Å². The van der Waals surface area contributed by atoms with Crippen LogP contribution in [0.3, 0.4) is 0 Å². The third kappa shape index (κ3) is 3.95. The lowest BCUT2D eigenvalue weighted by Crippen LogP contribution is -2.31. The molecule has 114 valence electrons. The second-order valence-electron chi connectivity index (χ2n) is 4.70. The van der Waals surface area contributed by atoms with Gasteiger partial charge in [0.25, 0.3) is 0 Å². The van der Waals surface area contributed by atoms with Gasteiger partial charge in [-0.3, -0.25) is 4.79 Å². The highest BCUT2D eigenvalue weighted by atomic mass is 16.5. The Hall–Kier alpha value is -2.08. The zero-order valence-corrected chi connectivity index (χ0v) is 12.1. The molecule has 2 atom stereocenters. The van der Waals surface area contributed by atoms with Gasteiger partial charge >= 0.3 is 11.9 Å². The fraction of sp³-hybridized carbons (Fsp3) is 0.467. The number of rotatable bonds is 5. The van der Waals surface area contributed by atoms with Gasteiger partial charge in [0, 0.05) is 13.0 Å². The third-order valence-electron chi connectivity index (χ3n) is 3.24. The minimum atomic E-state index is -0.350. The number of hydrogen-bond donors (Lipinski definition) is 1. The number of carbonyl (C=O) groups is 2. The van der Waals surface area contributed by atoms with E-state index < -0.39 is 0 Å². The SMILES string of the molecule is CCOC(=O)c1ccc(O[C@H]2CN[C@H](C(=O)OC)C2)cc1. The van der Waals surface area contributed by atoms with Crippen LogP contribution in [0.25, 0.3) is 0 Å². The number of methoxy groups -OCH3 is 1. The lowest BCUT2D eigenvalue weighted by molar-refractivity contribution is -0.142. The van der Waals surface area contributed by atoms with Gasteiger partial charge in [-0.1, -0.05) is 0 Å². The summed E-state index contributed by atoms with van der Waals surface area (Å²) < 4.78 is 15.4. The lowest BCUT2D eigenvalue weighted by Gasteiger charge is -2.13. The van der Waals surface area contributed by atoms with Crippen LogP contribution in [-0.2, 0) is 14.3 Å². The molecule has 1 saturated heterocycles. The Labute approximate surface area is 123 Å². The molecule has 0 unspecified atom stereocenters. The molecule has 6 heteroatoms. The largest absolute Gasteiger partial charge is 0.489 e. The Bertz CT molecular complexity index is 499. The summed E-state index contributed by atoms with van der Waals surface area (Å²) in [5.74, 6) is 0.0245. The van der Waals surface area contributed by atoms with Crippen LogP contribution >= 0.6 is 0 Å². The summed E-state index contributed by atoms with van der Waals surface area (Å²) in [7, 11) is 1.37. The van der Waals surface area contributed by atoms with Crippen LogP contribution in [0, 0.1) is 0 Å². The molecule has 0 saturated carbocycles. The van der Waals surface area contributed by atoms with Crippen LogP contribution in [0.15, 0.2) is 24.3 Å². The van der Waals surface area contributed by atoms with E-state index in [1.54, 1.807) is 31.2 Å². The molecule has 1 aromatic carbocycles. The van der Waals surface area contributed by atoms with Gasteiger partial charge in [-0.2, -0.15) is 0 Å². The van der Waals surface area contributed by atoms with E-state index in [1.807, 2.05) is 0 Å². The molecule has 0 amide bonds. The average Bonchev–Trinajstić information content (AvgIpc) is 2.96. The first-order chi connectivity index (χ1) is 10.1. The standard InChI is InChI=1S/C15H19NO5/c1-3-20-14(17)10-4-6-11(7-5-10)21-12-8-13(16-9-12)15(18)19-2/h4-7,12-13,16H,3,8-9H2,1-2H3/t12-,13+/m1/s1. The highest BCUT2D eigenvalue weighted by Crippen LogP contribution is 2.19. The summed E-state index contributed by atoms with van der Waals surface area (Å²) in [5.41, 5.74) is 0.487. The van der Waals surface area contributed by atoms with E-state index in [4.69, 9.17) is 9.47 Å². The monoisotopic (exact) mass is 293 g/mol. The number of benzene rings is 1. The summed E-state index contributed by atoms with van der Waals surface area (Å²) in [4.78, 5) is 22.9. The van der Waals surface area contributed by atoms with Crippen molar-refractivity contribution in [2.75, 3.05) is 20.3 Å². The second-order valence-corrected chi connectivity index (χ2v) is 4.70. The maximum Gasteiger partial charge on any atom is 0.338 e. The van der Waals surface area contributed by atoms with Crippen molar-refractivity contribution < 1.29 is 23.8 Å². The Balaban J connectivity index is 1.89. The van der Waals surface area contributed by atoms with Crippen molar-refractivity contribution in [1.29, 1.82) is 0 Å². The summed E-state index contributed by atoms with van der Waals surface area (Å²) in [6.07, 6.45) is 0.467. The van der Waals surface area contributed by atoms with Gasteiger partial charge in [0.05, 0.1) is 19.3 Å². The van der Waals surface area contributed by atoms with Crippen molar-refractivity contribution in [2.45, 2.75) is 25.5 Å². The molecule has 0 radical (unpaired) electrons. The number of ether oxygens (including phenoxy) is 3. The first-order valence-electron chi connectivity index (χ1n) is 6.89. The summed E-state index contributed by atoms with van der Waals surface area (Å²) in [5, 5.41) is 3.05. The first-order valence-corrected chi connectivity index (χ1v) is 6.89. The topological polar surface area (TPSA) is 73.9 Å². The smallest absolute Gasteiger partial charge is 0.338 e. The first kappa shape index (κ1) is 15.3. The summed E-state index contributed by atoms with van der Waals surface area (Å²) in [6.45, 7) is 2.69. The van der Waals surface area contributed by atoms with Crippen molar-refractivity contribution >= 4 is 11.9 Å². The zero-order valence-electron chi connectivity index (χ0n) is 12.1. The fourth-order valence-electron chi connectivity index (χ4n) is 2.19. The molecule has 21 heavy (non-hydrogen) atoms.